The van der Waals surface area contributed by atoms with E-state index in [4.69, 9.17) is 0 Å². The predicted octanol–water partition coefficient (Wildman–Crippen LogP) is 3.29. The molecule has 2 N–H and O–H groups in total. The zero-order chi connectivity index (χ0) is 14.5. The van der Waals surface area contributed by atoms with E-state index >= 15 is 0 Å². The molecule has 1 saturated heterocycles. The van der Waals surface area contributed by atoms with Gasteiger partial charge in [0.25, 0.3) is 0 Å². The molecule has 0 saturated carbocycles. The standard InChI is InChI=1S/C15H21BrN2O2/c1-11(10-18-6-2-3-7-18)9-17-14-8-12(16)4-5-13(14)15(19)20/h4-5,8,11,17H,2-3,6-7,9-10H2,1H3,(H,19,20). The van der Waals surface area contributed by atoms with Crippen molar-refractivity contribution in [3.05, 3.63) is 28.2 Å². The Morgan fingerprint density at radius 2 is 2.15 bits per heavy atom. The lowest BCUT2D eigenvalue weighted by Crippen LogP contribution is -2.29. The van der Waals surface area contributed by atoms with Gasteiger partial charge in [-0.05, 0) is 50.0 Å². The van der Waals surface area contributed by atoms with Crippen LogP contribution in [0.3, 0.4) is 0 Å². The van der Waals surface area contributed by atoms with E-state index in [1.807, 2.05) is 6.07 Å². The Morgan fingerprint density at radius 1 is 1.45 bits per heavy atom. The fraction of sp³-hybridized carbons (Fsp3) is 0.533. The van der Waals surface area contributed by atoms with E-state index in [-0.39, 0.29) is 0 Å². The molecule has 4 nitrogen and oxygen atoms in total. The summed E-state index contributed by atoms with van der Waals surface area (Å²) < 4.78 is 0.886. The van der Waals surface area contributed by atoms with Crippen molar-refractivity contribution in [1.29, 1.82) is 0 Å². The molecule has 1 aliphatic rings. The number of rotatable bonds is 6. The topological polar surface area (TPSA) is 52.6 Å². The Kier molecular flexibility index (Phi) is 5.43. The highest BCUT2D eigenvalue weighted by molar-refractivity contribution is 9.10. The van der Waals surface area contributed by atoms with Gasteiger partial charge in [0.15, 0.2) is 0 Å². The molecule has 0 bridgehead atoms. The van der Waals surface area contributed by atoms with Crippen molar-refractivity contribution in [3.8, 4) is 0 Å². The van der Waals surface area contributed by atoms with E-state index in [1.165, 1.54) is 25.9 Å². The third-order valence-electron chi connectivity index (χ3n) is 3.62. The normalized spacial score (nSPS) is 17.1. The summed E-state index contributed by atoms with van der Waals surface area (Å²) in [5, 5.41) is 12.5. The maximum atomic E-state index is 11.2. The minimum absolute atomic E-state index is 0.321. The van der Waals surface area contributed by atoms with Crippen LogP contribution >= 0.6 is 15.9 Å². The molecule has 1 fully saturated rings. The molecule has 1 aliphatic heterocycles. The van der Waals surface area contributed by atoms with Gasteiger partial charge in [-0.25, -0.2) is 4.79 Å². The van der Waals surface area contributed by atoms with E-state index in [2.05, 4.69) is 33.1 Å². The highest BCUT2D eigenvalue weighted by atomic mass is 79.9. The first-order valence-electron chi connectivity index (χ1n) is 7.05. The number of nitrogens with one attached hydrogen (secondary N) is 1. The van der Waals surface area contributed by atoms with E-state index in [0.717, 1.165) is 17.6 Å². The molecule has 0 amide bonds. The van der Waals surface area contributed by atoms with Crippen molar-refractivity contribution in [2.75, 3.05) is 31.5 Å². The number of halogens is 1. The van der Waals surface area contributed by atoms with Crippen molar-refractivity contribution in [2.45, 2.75) is 19.8 Å². The summed E-state index contributed by atoms with van der Waals surface area (Å²) in [6.07, 6.45) is 2.60. The molecule has 110 valence electrons. The van der Waals surface area contributed by atoms with Gasteiger partial charge in [0.1, 0.15) is 0 Å². The first-order chi connectivity index (χ1) is 9.56. The number of aromatic carboxylic acids is 1. The van der Waals surface area contributed by atoms with Crippen LogP contribution in [0.4, 0.5) is 5.69 Å². The summed E-state index contributed by atoms with van der Waals surface area (Å²) in [7, 11) is 0. The average Bonchev–Trinajstić information content (AvgIpc) is 2.89. The lowest BCUT2D eigenvalue weighted by atomic mass is 10.1. The van der Waals surface area contributed by atoms with Gasteiger partial charge < -0.3 is 15.3 Å². The van der Waals surface area contributed by atoms with Crippen LogP contribution in [0.25, 0.3) is 0 Å². The van der Waals surface area contributed by atoms with Crippen LogP contribution in [0, 0.1) is 5.92 Å². The number of benzene rings is 1. The molecule has 1 unspecified atom stereocenters. The Balaban J connectivity index is 1.92. The highest BCUT2D eigenvalue weighted by Gasteiger charge is 2.15. The number of hydrogen-bond acceptors (Lipinski definition) is 3. The molecule has 1 aromatic rings. The molecule has 0 aromatic heterocycles. The molecule has 20 heavy (non-hydrogen) atoms. The maximum Gasteiger partial charge on any atom is 0.337 e. The Bertz CT molecular complexity index is 473. The molecule has 0 aliphatic carbocycles. The number of carboxylic acid groups (broad SMARTS) is 1. The molecular formula is C15H21BrN2O2. The van der Waals surface area contributed by atoms with Gasteiger partial charge in [-0.2, -0.15) is 0 Å². The van der Waals surface area contributed by atoms with Gasteiger partial charge >= 0.3 is 5.97 Å². The number of hydrogen-bond donors (Lipinski definition) is 2. The summed E-state index contributed by atoms with van der Waals surface area (Å²) in [6, 6.07) is 5.20. The summed E-state index contributed by atoms with van der Waals surface area (Å²) in [4.78, 5) is 13.7. The lowest BCUT2D eigenvalue weighted by Gasteiger charge is -2.21. The summed E-state index contributed by atoms with van der Waals surface area (Å²) >= 11 is 3.38. The fourth-order valence-corrected chi connectivity index (χ4v) is 2.97. The summed E-state index contributed by atoms with van der Waals surface area (Å²) in [6.45, 7) is 6.45. The van der Waals surface area contributed by atoms with Crippen LogP contribution in [0.15, 0.2) is 22.7 Å². The van der Waals surface area contributed by atoms with Crippen LogP contribution in [-0.2, 0) is 0 Å². The van der Waals surface area contributed by atoms with Gasteiger partial charge in [0.05, 0.1) is 5.56 Å². The fourth-order valence-electron chi connectivity index (χ4n) is 2.60. The van der Waals surface area contributed by atoms with Gasteiger partial charge in [-0.1, -0.05) is 22.9 Å². The molecule has 1 heterocycles. The van der Waals surface area contributed by atoms with E-state index in [9.17, 15) is 9.90 Å². The molecule has 5 heteroatoms. The Morgan fingerprint density at radius 3 is 2.80 bits per heavy atom. The zero-order valence-electron chi connectivity index (χ0n) is 11.7. The Hall–Kier alpha value is -1.07. The molecule has 1 aromatic carbocycles. The zero-order valence-corrected chi connectivity index (χ0v) is 13.3. The van der Waals surface area contributed by atoms with Crippen LogP contribution in [0.2, 0.25) is 0 Å². The van der Waals surface area contributed by atoms with Gasteiger partial charge in [-0.15, -0.1) is 0 Å². The molecule has 0 radical (unpaired) electrons. The van der Waals surface area contributed by atoms with Crippen molar-refractivity contribution < 1.29 is 9.90 Å². The number of carboxylic acids is 1. The van der Waals surface area contributed by atoms with E-state index in [1.54, 1.807) is 12.1 Å². The first kappa shape index (κ1) is 15.3. The smallest absolute Gasteiger partial charge is 0.337 e. The van der Waals surface area contributed by atoms with Gasteiger partial charge in [0.2, 0.25) is 0 Å². The second kappa shape index (κ2) is 7.09. The number of anilines is 1. The molecule has 2 rings (SSSR count). The first-order valence-corrected chi connectivity index (χ1v) is 7.84. The van der Waals surface area contributed by atoms with Gasteiger partial charge in [-0.3, -0.25) is 0 Å². The largest absolute Gasteiger partial charge is 0.478 e. The average molecular weight is 341 g/mol. The van der Waals surface area contributed by atoms with Crippen molar-refractivity contribution in [2.24, 2.45) is 5.92 Å². The monoisotopic (exact) mass is 340 g/mol. The highest BCUT2D eigenvalue weighted by Crippen LogP contribution is 2.22. The third-order valence-corrected chi connectivity index (χ3v) is 4.11. The van der Waals surface area contributed by atoms with Crippen molar-refractivity contribution in [3.63, 3.8) is 0 Å². The van der Waals surface area contributed by atoms with Crippen molar-refractivity contribution >= 4 is 27.6 Å². The molecule has 1 atom stereocenters. The van der Waals surface area contributed by atoms with Crippen LogP contribution in [0.5, 0.6) is 0 Å². The number of likely N-dealkylation sites (tertiary alicyclic amines) is 1. The van der Waals surface area contributed by atoms with Gasteiger partial charge in [0, 0.05) is 23.2 Å². The molecule has 0 spiro atoms. The minimum Gasteiger partial charge on any atom is -0.478 e. The third kappa shape index (κ3) is 4.21. The maximum absolute atomic E-state index is 11.2. The predicted molar refractivity (Wildman–Crippen MR) is 84.4 cm³/mol. The van der Waals surface area contributed by atoms with Crippen LogP contribution in [0.1, 0.15) is 30.1 Å². The lowest BCUT2D eigenvalue weighted by molar-refractivity contribution is 0.0698. The quantitative estimate of drug-likeness (QED) is 0.834. The van der Waals surface area contributed by atoms with E-state index in [0.29, 0.717) is 17.2 Å². The summed E-state index contributed by atoms with van der Waals surface area (Å²) in [5.74, 6) is -0.402. The molecular weight excluding hydrogens is 320 g/mol. The van der Waals surface area contributed by atoms with Crippen molar-refractivity contribution in [1.82, 2.24) is 4.90 Å². The van der Waals surface area contributed by atoms with Crippen LogP contribution in [-0.4, -0.2) is 42.2 Å². The second-order valence-corrected chi connectivity index (χ2v) is 6.40. The summed E-state index contributed by atoms with van der Waals surface area (Å²) in [5.41, 5.74) is 1.00. The second-order valence-electron chi connectivity index (χ2n) is 5.49. The minimum atomic E-state index is -0.896. The SMILES string of the molecule is CC(CNc1cc(Br)ccc1C(=O)O)CN1CCCC1. The van der Waals surface area contributed by atoms with Crippen LogP contribution < -0.4 is 5.32 Å². The Labute approximate surface area is 128 Å². The number of carbonyl (C=O) groups is 1. The number of nitrogens with zero attached hydrogens (tertiary/aromatic N) is 1. The van der Waals surface area contributed by atoms with E-state index < -0.39 is 5.97 Å².